The van der Waals surface area contributed by atoms with Crippen molar-refractivity contribution in [1.82, 2.24) is 0 Å². The van der Waals surface area contributed by atoms with Crippen LogP contribution in [0.2, 0.25) is 0 Å². The highest BCUT2D eigenvalue weighted by molar-refractivity contribution is 8.01. The summed E-state index contributed by atoms with van der Waals surface area (Å²) in [6, 6.07) is 15.1. The summed E-state index contributed by atoms with van der Waals surface area (Å²) < 4.78 is 10.5. The zero-order valence-corrected chi connectivity index (χ0v) is 11.9. The molecule has 2 aromatic carbocycles. The summed E-state index contributed by atoms with van der Waals surface area (Å²) in [6.07, 6.45) is 0.732. The average molecular weight is 286 g/mol. The lowest BCUT2D eigenvalue weighted by atomic mass is 10.1. The lowest BCUT2D eigenvalue weighted by molar-refractivity contribution is -0.133. The van der Waals surface area contributed by atoms with E-state index in [1.54, 1.807) is 43.1 Å². The number of esters is 1. The zero-order chi connectivity index (χ0) is 13.9. The topological polar surface area (TPSA) is 35.5 Å². The maximum atomic E-state index is 12.2. The van der Waals surface area contributed by atoms with Gasteiger partial charge in [-0.25, -0.2) is 0 Å². The van der Waals surface area contributed by atoms with Crippen LogP contribution < -0.4 is 9.47 Å². The molecule has 1 aliphatic rings. The molecule has 1 atom stereocenters. The van der Waals surface area contributed by atoms with Crippen LogP contribution >= 0.6 is 11.8 Å². The van der Waals surface area contributed by atoms with Gasteiger partial charge in [0.2, 0.25) is 0 Å². The highest BCUT2D eigenvalue weighted by Crippen LogP contribution is 2.37. The zero-order valence-electron chi connectivity index (χ0n) is 11.0. The maximum Gasteiger partial charge on any atom is 0.325 e. The van der Waals surface area contributed by atoms with Crippen LogP contribution in [0.4, 0.5) is 0 Å². The molecule has 0 aliphatic carbocycles. The number of benzene rings is 2. The Bertz CT molecular complexity index is 597. The van der Waals surface area contributed by atoms with E-state index >= 15 is 0 Å². The van der Waals surface area contributed by atoms with Gasteiger partial charge in [-0.2, -0.15) is 0 Å². The molecule has 0 amide bonds. The number of fused-ring (bicyclic) bond motifs is 1. The van der Waals surface area contributed by atoms with Gasteiger partial charge in [-0.1, -0.05) is 18.2 Å². The van der Waals surface area contributed by atoms with Crippen molar-refractivity contribution in [2.75, 3.05) is 7.11 Å². The van der Waals surface area contributed by atoms with Crippen LogP contribution in [0.3, 0.4) is 0 Å². The highest BCUT2D eigenvalue weighted by Gasteiger charge is 2.29. The Labute approximate surface area is 121 Å². The second-order valence-corrected chi connectivity index (χ2v) is 5.76. The van der Waals surface area contributed by atoms with Crippen molar-refractivity contribution in [2.24, 2.45) is 0 Å². The quantitative estimate of drug-likeness (QED) is 0.640. The fraction of sp³-hybridized carbons (Fsp3) is 0.188. The van der Waals surface area contributed by atoms with Crippen molar-refractivity contribution in [3.63, 3.8) is 0 Å². The van der Waals surface area contributed by atoms with Gasteiger partial charge in [-0.15, -0.1) is 11.8 Å². The molecule has 2 aromatic rings. The van der Waals surface area contributed by atoms with Crippen LogP contribution in [-0.2, 0) is 11.2 Å². The first-order valence-corrected chi connectivity index (χ1v) is 7.24. The van der Waals surface area contributed by atoms with E-state index in [1.165, 1.54) is 10.5 Å². The molecule has 0 N–H and O–H groups in total. The van der Waals surface area contributed by atoms with Crippen molar-refractivity contribution in [2.45, 2.75) is 16.6 Å². The van der Waals surface area contributed by atoms with E-state index < -0.39 is 0 Å². The third-order valence-corrected chi connectivity index (χ3v) is 4.48. The molecule has 1 unspecified atom stereocenters. The summed E-state index contributed by atoms with van der Waals surface area (Å²) in [6.45, 7) is 0. The fourth-order valence-electron chi connectivity index (χ4n) is 2.14. The molecule has 0 spiro atoms. The van der Waals surface area contributed by atoms with Crippen molar-refractivity contribution < 1.29 is 14.3 Å². The molecule has 0 fully saturated rings. The number of carbonyl (C=O) groups excluding carboxylic acids is 1. The Hall–Kier alpha value is -1.94. The Balaban J connectivity index is 1.66. The molecule has 3 nitrogen and oxygen atoms in total. The molecule has 1 heterocycles. The van der Waals surface area contributed by atoms with Crippen LogP contribution in [0.15, 0.2) is 53.4 Å². The summed E-state index contributed by atoms with van der Waals surface area (Å²) in [5.74, 6) is 1.09. The summed E-state index contributed by atoms with van der Waals surface area (Å²) in [5.41, 5.74) is 1.22. The van der Waals surface area contributed by atoms with Crippen LogP contribution in [0.1, 0.15) is 5.56 Å². The van der Waals surface area contributed by atoms with E-state index in [4.69, 9.17) is 9.47 Å². The third kappa shape index (κ3) is 2.65. The third-order valence-electron chi connectivity index (χ3n) is 3.19. The fourth-order valence-corrected chi connectivity index (χ4v) is 3.31. The standard InChI is InChI=1S/C16H14O3S/c1-18-12-6-8-13(9-7-12)19-16(17)15-10-11-4-2-3-5-14(11)20-15/h2-9,15H,10H2,1H3. The maximum absolute atomic E-state index is 12.2. The normalized spacial score (nSPS) is 16.6. The van der Waals surface area contributed by atoms with Gasteiger partial charge in [0, 0.05) is 4.90 Å². The molecular formula is C16H14O3S. The lowest BCUT2D eigenvalue weighted by Crippen LogP contribution is -2.22. The van der Waals surface area contributed by atoms with Crippen molar-refractivity contribution in [1.29, 1.82) is 0 Å². The van der Waals surface area contributed by atoms with Crippen LogP contribution in [0, 0.1) is 0 Å². The molecule has 102 valence electrons. The van der Waals surface area contributed by atoms with E-state index in [1.807, 2.05) is 18.2 Å². The Morgan fingerprint density at radius 1 is 1.10 bits per heavy atom. The monoisotopic (exact) mass is 286 g/mol. The largest absolute Gasteiger partial charge is 0.497 e. The van der Waals surface area contributed by atoms with Gasteiger partial charge in [0.25, 0.3) is 0 Å². The van der Waals surface area contributed by atoms with Gasteiger partial charge >= 0.3 is 5.97 Å². The minimum Gasteiger partial charge on any atom is -0.497 e. The predicted molar refractivity (Wildman–Crippen MR) is 78.4 cm³/mol. The minimum absolute atomic E-state index is 0.158. The second-order valence-electron chi connectivity index (χ2n) is 4.51. The molecule has 20 heavy (non-hydrogen) atoms. The Kier molecular flexibility index (Phi) is 3.65. The van der Waals surface area contributed by atoms with Gasteiger partial charge in [0.1, 0.15) is 16.7 Å². The first-order valence-electron chi connectivity index (χ1n) is 6.36. The van der Waals surface area contributed by atoms with Crippen LogP contribution in [0.25, 0.3) is 0 Å². The molecular weight excluding hydrogens is 272 g/mol. The van der Waals surface area contributed by atoms with Gasteiger partial charge in [-0.05, 0) is 42.3 Å². The number of thioether (sulfide) groups is 1. The Morgan fingerprint density at radius 2 is 1.80 bits per heavy atom. The molecule has 0 radical (unpaired) electrons. The van der Waals surface area contributed by atoms with E-state index in [9.17, 15) is 4.79 Å². The Morgan fingerprint density at radius 3 is 2.50 bits per heavy atom. The van der Waals surface area contributed by atoms with E-state index in [0.717, 1.165) is 12.2 Å². The van der Waals surface area contributed by atoms with Crippen molar-refractivity contribution in [3.8, 4) is 11.5 Å². The molecule has 0 saturated heterocycles. The summed E-state index contributed by atoms with van der Waals surface area (Å²) in [5, 5.41) is -0.158. The molecule has 1 aliphatic heterocycles. The first kappa shape index (κ1) is 13.1. The second kappa shape index (κ2) is 5.59. The smallest absolute Gasteiger partial charge is 0.325 e. The summed E-state index contributed by atoms with van der Waals surface area (Å²) in [4.78, 5) is 13.3. The molecule has 0 bridgehead atoms. The van der Waals surface area contributed by atoms with Gasteiger partial charge in [0.05, 0.1) is 7.11 Å². The highest BCUT2D eigenvalue weighted by atomic mass is 32.2. The van der Waals surface area contributed by atoms with E-state index in [0.29, 0.717) is 5.75 Å². The van der Waals surface area contributed by atoms with Crippen LogP contribution in [0.5, 0.6) is 11.5 Å². The van der Waals surface area contributed by atoms with Crippen molar-refractivity contribution >= 4 is 17.7 Å². The molecule has 4 heteroatoms. The average Bonchev–Trinajstić information content (AvgIpc) is 2.92. The summed E-state index contributed by atoms with van der Waals surface area (Å²) in [7, 11) is 1.60. The van der Waals surface area contributed by atoms with Gasteiger partial charge < -0.3 is 9.47 Å². The van der Waals surface area contributed by atoms with Crippen molar-refractivity contribution in [3.05, 3.63) is 54.1 Å². The summed E-state index contributed by atoms with van der Waals surface area (Å²) >= 11 is 1.57. The first-order chi connectivity index (χ1) is 9.76. The van der Waals surface area contributed by atoms with Crippen LogP contribution in [-0.4, -0.2) is 18.3 Å². The van der Waals surface area contributed by atoms with E-state index in [-0.39, 0.29) is 11.2 Å². The minimum atomic E-state index is -0.198. The number of methoxy groups -OCH3 is 1. The lowest BCUT2D eigenvalue weighted by Gasteiger charge is -2.09. The van der Waals surface area contributed by atoms with E-state index in [2.05, 4.69) is 6.07 Å². The predicted octanol–water partition coefficient (Wildman–Crippen LogP) is 3.32. The van der Waals surface area contributed by atoms with Gasteiger partial charge in [0.15, 0.2) is 0 Å². The molecule has 0 saturated carbocycles. The number of hydrogen-bond donors (Lipinski definition) is 0. The number of ether oxygens (including phenoxy) is 2. The molecule has 0 aromatic heterocycles. The SMILES string of the molecule is COc1ccc(OC(=O)C2Cc3ccccc3S2)cc1. The molecule has 3 rings (SSSR count). The number of rotatable bonds is 3. The van der Waals surface area contributed by atoms with Gasteiger partial charge in [-0.3, -0.25) is 4.79 Å². The number of carbonyl (C=O) groups is 1. The number of hydrogen-bond acceptors (Lipinski definition) is 4.